The molecular formula is C18H28O5S2. The van der Waals surface area contributed by atoms with Gasteiger partial charge in [0.05, 0.1) is 24.7 Å². The highest BCUT2D eigenvalue weighted by atomic mass is 33.1. The number of hydrogen-bond acceptors (Lipinski definition) is 6. The molecule has 1 aliphatic heterocycles. The summed E-state index contributed by atoms with van der Waals surface area (Å²) >= 11 is 0. The van der Waals surface area contributed by atoms with Gasteiger partial charge in [-0.3, -0.25) is 0 Å². The van der Waals surface area contributed by atoms with E-state index in [-0.39, 0.29) is 0 Å². The fraction of sp³-hybridized carbons (Fsp3) is 0.667. The molecule has 25 heavy (non-hydrogen) atoms. The lowest BCUT2D eigenvalue weighted by Gasteiger charge is -2.34. The monoisotopic (exact) mass is 388 g/mol. The van der Waals surface area contributed by atoms with E-state index >= 15 is 0 Å². The van der Waals surface area contributed by atoms with Crippen molar-refractivity contribution in [2.24, 2.45) is 5.92 Å². The highest BCUT2D eigenvalue weighted by Crippen LogP contribution is 2.24. The van der Waals surface area contributed by atoms with Gasteiger partial charge in [-0.2, -0.15) is 0 Å². The van der Waals surface area contributed by atoms with Crippen molar-refractivity contribution in [1.82, 2.24) is 0 Å². The van der Waals surface area contributed by atoms with Crippen molar-refractivity contribution in [3.05, 3.63) is 29.8 Å². The zero-order valence-electron chi connectivity index (χ0n) is 15.2. The first-order chi connectivity index (χ1) is 11.8. The first kappa shape index (κ1) is 20.7. The maximum absolute atomic E-state index is 12.2. The van der Waals surface area contributed by atoms with E-state index in [4.69, 9.17) is 14.2 Å². The Hall–Kier alpha value is -0.600. The minimum absolute atomic E-state index is 0.350. The van der Waals surface area contributed by atoms with Crippen LogP contribution in [0.3, 0.4) is 0 Å². The highest BCUT2D eigenvalue weighted by molar-refractivity contribution is 8.72. The Kier molecular flexibility index (Phi) is 7.76. The van der Waals surface area contributed by atoms with Gasteiger partial charge in [-0.05, 0) is 56.5 Å². The number of ether oxygens (including phenoxy) is 3. The van der Waals surface area contributed by atoms with Crippen LogP contribution in [0.4, 0.5) is 0 Å². The predicted octanol–water partition coefficient (Wildman–Crippen LogP) is 3.61. The quantitative estimate of drug-likeness (QED) is 0.476. The maximum Gasteiger partial charge on any atom is 0.230 e. The van der Waals surface area contributed by atoms with Crippen LogP contribution in [0.2, 0.25) is 0 Å². The molecule has 0 radical (unpaired) electrons. The van der Waals surface area contributed by atoms with Crippen molar-refractivity contribution < 1.29 is 22.6 Å². The minimum atomic E-state index is -3.29. The Morgan fingerprint density at radius 3 is 2.44 bits per heavy atom. The zero-order chi connectivity index (χ0) is 18.3. The summed E-state index contributed by atoms with van der Waals surface area (Å²) < 4.78 is 41.1. The predicted molar refractivity (Wildman–Crippen MR) is 100 cm³/mol. The molecular weight excluding hydrogens is 360 g/mol. The summed E-state index contributed by atoms with van der Waals surface area (Å²) in [6.07, 6.45) is 1.91. The molecule has 1 aliphatic rings. The molecule has 1 saturated heterocycles. The summed E-state index contributed by atoms with van der Waals surface area (Å²) in [5.74, 6) is 0.376. The average Bonchev–Trinajstić information content (AvgIpc) is 2.55. The molecule has 2 rings (SSSR count). The molecule has 142 valence electrons. The van der Waals surface area contributed by atoms with Crippen LogP contribution in [0.25, 0.3) is 0 Å². The standard InChI is InChI=1S/C18H28O5S2/c1-15-6-8-17(9-7-15)25(19,20)24-12-11-21-10-4-5-16-13-22-18(2,3)23-14-16/h6-9,16H,4-5,10-14H2,1-3H3. The molecule has 7 heteroatoms. The average molecular weight is 389 g/mol. The SMILES string of the molecule is Cc1ccc(S(=O)(=O)SCCOCCCC2COC(C)(C)OC2)cc1. The fourth-order valence-electron chi connectivity index (χ4n) is 2.45. The van der Waals surface area contributed by atoms with Crippen molar-refractivity contribution >= 4 is 19.7 Å². The normalized spacial score (nSPS) is 18.4. The Balaban J connectivity index is 1.55. The van der Waals surface area contributed by atoms with Gasteiger partial charge in [0.2, 0.25) is 8.87 Å². The molecule has 0 bridgehead atoms. The van der Waals surface area contributed by atoms with Gasteiger partial charge in [-0.25, -0.2) is 8.42 Å². The van der Waals surface area contributed by atoms with E-state index in [9.17, 15) is 8.42 Å². The van der Waals surface area contributed by atoms with Gasteiger partial charge in [-0.15, -0.1) is 0 Å². The summed E-state index contributed by atoms with van der Waals surface area (Å²) in [6.45, 7) is 8.29. The Morgan fingerprint density at radius 2 is 1.80 bits per heavy atom. The Bertz CT molecular complexity index is 615. The molecule has 0 aromatic heterocycles. The molecule has 0 spiro atoms. The van der Waals surface area contributed by atoms with Gasteiger partial charge in [0, 0.05) is 18.3 Å². The second-order valence-electron chi connectivity index (χ2n) is 6.73. The fourth-order valence-corrected chi connectivity index (χ4v) is 5.06. The summed E-state index contributed by atoms with van der Waals surface area (Å²) in [4.78, 5) is 0.350. The second kappa shape index (κ2) is 9.37. The van der Waals surface area contributed by atoms with E-state index in [0.29, 0.717) is 29.8 Å². The van der Waals surface area contributed by atoms with E-state index in [2.05, 4.69) is 0 Å². The van der Waals surface area contributed by atoms with Crippen LogP contribution in [-0.2, 0) is 23.1 Å². The Labute approximate surface area is 154 Å². The Morgan fingerprint density at radius 1 is 1.16 bits per heavy atom. The van der Waals surface area contributed by atoms with Crippen LogP contribution in [0.15, 0.2) is 29.2 Å². The molecule has 5 nitrogen and oxygen atoms in total. The lowest BCUT2D eigenvalue weighted by Crippen LogP contribution is -2.39. The number of benzene rings is 1. The molecule has 0 aliphatic carbocycles. The first-order valence-electron chi connectivity index (χ1n) is 8.60. The van der Waals surface area contributed by atoms with Crippen LogP contribution in [0, 0.1) is 12.8 Å². The third-order valence-electron chi connectivity index (χ3n) is 4.01. The minimum Gasteiger partial charge on any atom is -0.381 e. The first-order valence-corrected chi connectivity index (χ1v) is 11.6. The third kappa shape index (κ3) is 7.27. The van der Waals surface area contributed by atoms with Crippen LogP contribution in [-0.4, -0.2) is 46.4 Å². The lowest BCUT2D eigenvalue weighted by atomic mass is 10.0. The zero-order valence-corrected chi connectivity index (χ0v) is 16.8. The number of hydrogen-bond donors (Lipinski definition) is 0. The van der Waals surface area contributed by atoms with Crippen molar-refractivity contribution in [2.45, 2.75) is 44.3 Å². The third-order valence-corrected chi connectivity index (χ3v) is 7.51. The van der Waals surface area contributed by atoms with Gasteiger partial charge in [0.1, 0.15) is 0 Å². The van der Waals surface area contributed by atoms with Gasteiger partial charge in [0.15, 0.2) is 5.79 Å². The summed E-state index contributed by atoms with van der Waals surface area (Å²) in [7, 11) is -2.36. The van der Waals surface area contributed by atoms with E-state index in [1.54, 1.807) is 12.1 Å². The highest BCUT2D eigenvalue weighted by Gasteiger charge is 2.27. The number of rotatable bonds is 9. The van der Waals surface area contributed by atoms with E-state index in [1.807, 2.05) is 32.9 Å². The molecule has 1 fully saturated rings. The van der Waals surface area contributed by atoms with Crippen LogP contribution < -0.4 is 0 Å². The largest absolute Gasteiger partial charge is 0.381 e. The molecule has 1 aromatic carbocycles. The molecule has 0 unspecified atom stereocenters. The van der Waals surface area contributed by atoms with E-state index < -0.39 is 14.7 Å². The summed E-state index contributed by atoms with van der Waals surface area (Å²) in [5.41, 5.74) is 1.05. The summed E-state index contributed by atoms with van der Waals surface area (Å²) in [6, 6.07) is 6.91. The molecule has 1 heterocycles. The lowest BCUT2D eigenvalue weighted by molar-refractivity contribution is -0.262. The molecule has 0 atom stereocenters. The molecule has 0 saturated carbocycles. The van der Waals surface area contributed by atoms with Gasteiger partial charge < -0.3 is 14.2 Å². The van der Waals surface area contributed by atoms with Crippen LogP contribution >= 0.6 is 10.8 Å². The smallest absolute Gasteiger partial charge is 0.230 e. The number of aryl methyl sites for hydroxylation is 1. The van der Waals surface area contributed by atoms with Crippen LogP contribution in [0.5, 0.6) is 0 Å². The van der Waals surface area contributed by atoms with Gasteiger partial charge in [-0.1, -0.05) is 17.7 Å². The van der Waals surface area contributed by atoms with Gasteiger partial charge >= 0.3 is 0 Å². The molecule has 0 amide bonds. The summed E-state index contributed by atoms with van der Waals surface area (Å²) in [5, 5.41) is 0. The van der Waals surface area contributed by atoms with Crippen LogP contribution in [0.1, 0.15) is 32.3 Å². The van der Waals surface area contributed by atoms with Crippen molar-refractivity contribution in [3.8, 4) is 0 Å². The van der Waals surface area contributed by atoms with Gasteiger partial charge in [0.25, 0.3) is 0 Å². The van der Waals surface area contributed by atoms with E-state index in [0.717, 1.165) is 42.4 Å². The van der Waals surface area contributed by atoms with E-state index in [1.165, 1.54) is 0 Å². The molecule has 0 N–H and O–H groups in total. The van der Waals surface area contributed by atoms with Crippen molar-refractivity contribution in [2.75, 3.05) is 32.2 Å². The maximum atomic E-state index is 12.2. The van der Waals surface area contributed by atoms with Crippen molar-refractivity contribution in [1.29, 1.82) is 0 Å². The second-order valence-corrected chi connectivity index (χ2v) is 10.8. The molecule has 1 aromatic rings. The topological polar surface area (TPSA) is 61.8 Å². The van der Waals surface area contributed by atoms with Crippen molar-refractivity contribution in [3.63, 3.8) is 0 Å².